The maximum Gasteiger partial charge on any atom is 0.437 e. The molecule has 0 bridgehead atoms. The molecule has 8 nitrogen and oxygen atoms in total. The molecule has 0 radical (unpaired) electrons. The molecule has 1 amide bonds. The van der Waals surface area contributed by atoms with Crippen molar-refractivity contribution in [1.29, 1.82) is 0 Å². The van der Waals surface area contributed by atoms with E-state index in [1.54, 1.807) is 0 Å². The minimum Gasteiger partial charge on any atom is -0.387 e. The van der Waals surface area contributed by atoms with Crippen molar-refractivity contribution in [1.82, 2.24) is 20.0 Å². The number of rotatable bonds is 8. The molecule has 1 saturated heterocycles. The fraction of sp³-hybridized carbons (Fsp3) is 0.381. The van der Waals surface area contributed by atoms with Gasteiger partial charge >= 0.3 is 5.76 Å². The molecule has 9 heteroatoms. The van der Waals surface area contributed by atoms with Gasteiger partial charge in [0.15, 0.2) is 0 Å². The summed E-state index contributed by atoms with van der Waals surface area (Å²) in [7, 11) is 0. The Kier molecular flexibility index (Phi) is 6.73. The number of carbonyl (C=O) groups excluding carboxylic acids is 1. The van der Waals surface area contributed by atoms with E-state index < -0.39 is 5.76 Å². The maximum absolute atomic E-state index is 12.2. The van der Waals surface area contributed by atoms with E-state index in [9.17, 15) is 9.59 Å². The molecular weight excluding hydrogens is 404 g/mol. The molecule has 0 saturated carbocycles. The molecule has 3 heterocycles. The number of thiophene rings is 1. The van der Waals surface area contributed by atoms with Gasteiger partial charge in [0.05, 0.1) is 24.6 Å². The van der Waals surface area contributed by atoms with Crippen molar-refractivity contribution >= 4 is 17.2 Å². The van der Waals surface area contributed by atoms with Crippen molar-refractivity contribution in [3.63, 3.8) is 0 Å². The Morgan fingerprint density at radius 1 is 1.13 bits per heavy atom. The smallest absolute Gasteiger partial charge is 0.387 e. The van der Waals surface area contributed by atoms with Crippen LogP contribution in [0.15, 0.2) is 51.0 Å². The number of carbonyl (C=O) groups is 1. The van der Waals surface area contributed by atoms with Crippen LogP contribution in [0, 0.1) is 0 Å². The van der Waals surface area contributed by atoms with Gasteiger partial charge in [-0.3, -0.25) is 9.69 Å². The quantitative estimate of drug-likeness (QED) is 0.591. The van der Waals surface area contributed by atoms with Crippen LogP contribution in [0.2, 0.25) is 0 Å². The van der Waals surface area contributed by atoms with Crippen molar-refractivity contribution in [3.8, 4) is 10.8 Å². The molecule has 30 heavy (non-hydrogen) atoms. The second-order valence-corrected chi connectivity index (χ2v) is 8.05. The number of ether oxygens (including phenoxy) is 1. The van der Waals surface area contributed by atoms with Crippen LogP contribution < -0.4 is 11.1 Å². The van der Waals surface area contributed by atoms with Crippen molar-refractivity contribution in [3.05, 3.63) is 63.5 Å². The minimum atomic E-state index is -0.554. The lowest BCUT2D eigenvalue weighted by Gasteiger charge is -2.26. The Bertz CT molecular complexity index is 1000. The molecule has 0 unspecified atom stereocenters. The predicted molar refractivity (Wildman–Crippen MR) is 113 cm³/mol. The first-order chi connectivity index (χ1) is 14.7. The number of amides is 1. The molecular formula is C21H24N4O4S. The highest BCUT2D eigenvalue weighted by molar-refractivity contribution is 7.13. The van der Waals surface area contributed by atoms with E-state index in [4.69, 9.17) is 9.15 Å². The van der Waals surface area contributed by atoms with E-state index in [0.29, 0.717) is 6.54 Å². The molecule has 158 valence electrons. The van der Waals surface area contributed by atoms with E-state index in [1.165, 1.54) is 21.6 Å². The number of aromatic nitrogens is 2. The third-order valence-electron chi connectivity index (χ3n) is 4.91. The summed E-state index contributed by atoms with van der Waals surface area (Å²) in [4.78, 5) is 27.2. The van der Waals surface area contributed by atoms with Crippen LogP contribution in [0.25, 0.3) is 10.8 Å². The standard InChI is InChI=1S/C21H24N4O4S/c26-19(7-8-25-21(27)29-20(23-25)18-2-1-13-30-18)22-14-16-3-5-17(6-4-16)15-24-9-11-28-12-10-24/h1-6,13H,7-12,14-15H2,(H,22,26). The Hall–Kier alpha value is -2.75. The molecule has 2 aromatic heterocycles. The molecule has 1 aliphatic heterocycles. The molecule has 0 spiro atoms. The largest absolute Gasteiger partial charge is 0.437 e. The zero-order valence-electron chi connectivity index (χ0n) is 16.6. The van der Waals surface area contributed by atoms with Gasteiger partial charge in [0.25, 0.3) is 5.89 Å². The molecule has 4 rings (SSSR count). The van der Waals surface area contributed by atoms with Crippen LogP contribution in [0.4, 0.5) is 0 Å². The van der Waals surface area contributed by atoms with Gasteiger partial charge in [-0.25, -0.2) is 4.79 Å². The number of morpholine rings is 1. The highest BCUT2D eigenvalue weighted by atomic mass is 32.1. The first kappa shape index (κ1) is 20.5. The van der Waals surface area contributed by atoms with E-state index in [2.05, 4.69) is 27.4 Å². The molecule has 1 fully saturated rings. The van der Waals surface area contributed by atoms with Gasteiger partial charge in [-0.05, 0) is 22.6 Å². The van der Waals surface area contributed by atoms with Crippen LogP contribution in [0.3, 0.4) is 0 Å². The lowest BCUT2D eigenvalue weighted by atomic mass is 10.1. The van der Waals surface area contributed by atoms with Crippen molar-refractivity contribution in [2.24, 2.45) is 0 Å². The average Bonchev–Trinajstić information content (AvgIpc) is 3.42. The lowest BCUT2D eigenvalue weighted by Crippen LogP contribution is -2.35. The number of aryl methyl sites for hydroxylation is 1. The zero-order valence-corrected chi connectivity index (χ0v) is 17.4. The van der Waals surface area contributed by atoms with E-state index in [1.807, 2.05) is 29.6 Å². The molecule has 1 aliphatic rings. The fourth-order valence-corrected chi connectivity index (χ4v) is 3.87. The third kappa shape index (κ3) is 5.44. The average molecular weight is 429 g/mol. The van der Waals surface area contributed by atoms with Crippen LogP contribution in [0.5, 0.6) is 0 Å². The zero-order chi connectivity index (χ0) is 20.8. The van der Waals surface area contributed by atoms with E-state index >= 15 is 0 Å². The molecule has 3 aromatic rings. The summed E-state index contributed by atoms with van der Waals surface area (Å²) in [5, 5.41) is 8.93. The Balaban J connectivity index is 1.22. The van der Waals surface area contributed by atoms with Gasteiger partial charge in [0.1, 0.15) is 0 Å². The number of nitrogens with one attached hydrogen (secondary N) is 1. The molecule has 0 atom stereocenters. The fourth-order valence-electron chi connectivity index (χ4n) is 3.22. The van der Waals surface area contributed by atoms with E-state index in [0.717, 1.165) is 43.3 Å². The summed E-state index contributed by atoms with van der Waals surface area (Å²) in [5.41, 5.74) is 2.28. The highest BCUT2D eigenvalue weighted by Gasteiger charge is 2.13. The summed E-state index contributed by atoms with van der Waals surface area (Å²) in [6, 6.07) is 12.0. The normalized spacial score (nSPS) is 14.7. The lowest BCUT2D eigenvalue weighted by molar-refractivity contribution is -0.121. The maximum atomic E-state index is 12.2. The van der Waals surface area contributed by atoms with Crippen LogP contribution in [-0.2, 0) is 29.2 Å². The Morgan fingerprint density at radius 2 is 1.90 bits per heavy atom. The second-order valence-electron chi connectivity index (χ2n) is 7.11. The number of nitrogens with zero attached hydrogens (tertiary/aromatic N) is 3. The van der Waals surface area contributed by atoms with Gasteiger partial charge in [0.2, 0.25) is 5.91 Å². The first-order valence-corrected chi connectivity index (χ1v) is 10.8. The first-order valence-electron chi connectivity index (χ1n) is 9.94. The monoisotopic (exact) mass is 428 g/mol. The highest BCUT2D eigenvalue weighted by Crippen LogP contribution is 2.21. The van der Waals surface area contributed by atoms with Crippen molar-refractivity contribution in [2.75, 3.05) is 26.3 Å². The number of hydrogen-bond donors (Lipinski definition) is 1. The molecule has 1 aromatic carbocycles. The van der Waals surface area contributed by atoms with Gasteiger partial charge in [0, 0.05) is 32.6 Å². The number of benzene rings is 1. The third-order valence-corrected chi connectivity index (χ3v) is 5.77. The van der Waals surface area contributed by atoms with Crippen molar-refractivity contribution < 1.29 is 13.9 Å². The van der Waals surface area contributed by atoms with Gasteiger partial charge < -0.3 is 14.5 Å². The Morgan fingerprint density at radius 3 is 2.63 bits per heavy atom. The van der Waals surface area contributed by atoms with Gasteiger partial charge in [-0.1, -0.05) is 30.3 Å². The predicted octanol–water partition coefficient (Wildman–Crippen LogP) is 2.10. The van der Waals surface area contributed by atoms with Gasteiger partial charge in [-0.15, -0.1) is 16.4 Å². The topological polar surface area (TPSA) is 89.6 Å². The number of hydrogen-bond acceptors (Lipinski definition) is 7. The van der Waals surface area contributed by atoms with Crippen LogP contribution in [-0.4, -0.2) is 46.9 Å². The molecule has 1 N–H and O–H groups in total. The summed E-state index contributed by atoms with van der Waals surface area (Å²) >= 11 is 1.44. The molecule has 0 aliphatic carbocycles. The van der Waals surface area contributed by atoms with Gasteiger partial charge in [-0.2, -0.15) is 4.68 Å². The Labute approximate surface area is 178 Å². The summed E-state index contributed by atoms with van der Waals surface area (Å²) in [6.45, 7) is 5.04. The van der Waals surface area contributed by atoms with E-state index in [-0.39, 0.29) is 24.8 Å². The second kappa shape index (κ2) is 9.84. The minimum absolute atomic E-state index is 0.139. The van der Waals surface area contributed by atoms with Crippen molar-refractivity contribution in [2.45, 2.75) is 26.1 Å². The van der Waals surface area contributed by atoms with Crippen LogP contribution >= 0.6 is 11.3 Å². The summed E-state index contributed by atoms with van der Waals surface area (Å²) in [6.07, 6.45) is 0.158. The summed E-state index contributed by atoms with van der Waals surface area (Å²) < 4.78 is 11.7. The van der Waals surface area contributed by atoms with Crippen LogP contribution in [0.1, 0.15) is 17.5 Å². The SMILES string of the molecule is O=C(CCn1nc(-c2cccs2)oc1=O)NCc1ccc(CN2CCOCC2)cc1. The summed E-state index contributed by atoms with van der Waals surface area (Å²) in [5.74, 6) is -0.408.